The Balaban J connectivity index is 1.77. The molecule has 1 aromatic heterocycles. The van der Waals surface area contributed by atoms with Crippen molar-refractivity contribution >= 4 is 11.6 Å². The second kappa shape index (κ2) is 6.04. The van der Waals surface area contributed by atoms with E-state index in [1.165, 1.54) is 44.9 Å². The fourth-order valence-electron chi connectivity index (χ4n) is 4.42. The van der Waals surface area contributed by atoms with Crippen LogP contribution in [0.25, 0.3) is 0 Å². The summed E-state index contributed by atoms with van der Waals surface area (Å²) in [7, 11) is 1.94. The van der Waals surface area contributed by atoms with Gasteiger partial charge in [-0.15, -0.1) is 0 Å². The first-order valence-corrected chi connectivity index (χ1v) is 8.22. The summed E-state index contributed by atoms with van der Waals surface area (Å²) in [6.07, 6.45) is 11.3. The molecule has 0 spiro atoms. The summed E-state index contributed by atoms with van der Waals surface area (Å²) in [5.41, 5.74) is 4.04. The number of hydrogen-bond donors (Lipinski definition) is 2. The molecule has 4 nitrogen and oxygen atoms in total. The van der Waals surface area contributed by atoms with Crippen molar-refractivity contribution in [3.63, 3.8) is 0 Å². The van der Waals surface area contributed by atoms with Gasteiger partial charge in [-0.3, -0.25) is 16.0 Å². The molecule has 2 aliphatic carbocycles. The summed E-state index contributed by atoms with van der Waals surface area (Å²) in [5.74, 6) is 8.28. The number of hydrazine groups is 1. The maximum absolute atomic E-state index is 6.30. The molecular weight excluding hydrogens is 272 g/mol. The summed E-state index contributed by atoms with van der Waals surface area (Å²) in [5, 5.41) is 4.97. The average Bonchev–Trinajstić information content (AvgIpc) is 2.80. The molecule has 0 bridgehead atoms. The molecule has 3 N–H and O–H groups in total. The zero-order valence-corrected chi connectivity index (χ0v) is 12.9. The van der Waals surface area contributed by atoms with E-state index in [4.69, 9.17) is 17.4 Å². The van der Waals surface area contributed by atoms with E-state index in [0.29, 0.717) is 5.92 Å². The van der Waals surface area contributed by atoms with E-state index in [9.17, 15) is 0 Å². The van der Waals surface area contributed by atoms with E-state index in [-0.39, 0.29) is 6.04 Å². The number of nitrogens with two attached hydrogens (primary N) is 1. The number of rotatable bonds is 3. The zero-order chi connectivity index (χ0) is 14.1. The Morgan fingerprint density at radius 2 is 2.05 bits per heavy atom. The SMILES string of the molecule is Cn1ncc(Cl)c1C(NN)C1CCC2CCCCC2C1. The molecule has 0 radical (unpaired) electrons. The highest BCUT2D eigenvalue weighted by atomic mass is 35.5. The lowest BCUT2D eigenvalue weighted by Gasteiger charge is -2.41. The zero-order valence-electron chi connectivity index (χ0n) is 12.2. The van der Waals surface area contributed by atoms with Gasteiger partial charge in [0.05, 0.1) is 23.0 Å². The van der Waals surface area contributed by atoms with Crippen molar-refractivity contribution in [3.05, 3.63) is 16.9 Å². The van der Waals surface area contributed by atoms with Gasteiger partial charge in [0, 0.05) is 7.05 Å². The second-order valence-corrected chi connectivity index (χ2v) is 6.93. The third-order valence-corrected chi connectivity index (χ3v) is 5.75. The van der Waals surface area contributed by atoms with Crippen molar-refractivity contribution in [2.45, 2.75) is 51.0 Å². The number of nitrogens with zero attached hydrogens (tertiary/aromatic N) is 2. The van der Waals surface area contributed by atoms with E-state index >= 15 is 0 Å². The van der Waals surface area contributed by atoms with Gasteiger partial charge >= 0.3 is 0 Å². The molecule has 0 aliphatic heterocycles. The van der Waals surface area contributed by atoms with Gasteiger partial charge in [-0.25, -0.2) is 0 Å². The average molecular weight is 297 g/mol. The van der Waals surface area contributed by atoms with E-state index < -0.39 is 0 Å². The molecule has 4 unspecified atom stereocenters. The maximum Gasteiger partial charge on any atom is 0.0834 e. The summed E-state index contributed by atoms with van der Waals surface area (Å²) >= 11 is 6.30. The Hall–Kier alpha value is -0.580. The lowest BCUT2D eigenvalue weighted by Crippen LogP contribution is -2.39. The van der Waals surface area contributed by atoms with Crippen LogP contribution in [0.3, 0.4) is 0 Å². The molecule has 2 fully saturated rings. The minimum atomic E-state index is 0.123. The standard InChI is InChI=1S/C15H25ClN4/c1-20-15(13(16)9-18-20)14(19-17)12-7-6-10-4-2-3-5-11(10)8-12/h9-12,14,19H,2-8,17H2,1H3. The lowest BCUT2D eigenvalue weighted by molar-refractivity contribution is 0.107. The van der Waals surface area contributed by atoms with Crippen molar-refractivity contribution in [3.8, 4) is 0 Å². The second-order valence-electron chi connectivity index (χ2n) is 6.52. The summed E-state index contributed by atoms with van der Waals surface area (Å²) in [6, 6.07) is 0.123. The van der Waals surface area contributed by atoms with Crippen LogP contribution in [0.15, 0.2) is 6.20 Å². The predicted octanol–water partition coefficient (Wildman–Crippen LogP) is 3.18. The van der Waals surface area contributed by atoms with E-state index in [1.54, 1.807) is 6.20 Å². The largest absolute Gasteiger partial charge is 0.271 e. The van der Waals surface area contributed by atoms with Crippen LogP contribution in [0.1, 0.15) is 56.7 Å². The molecule has 0 aromatic carbocycles. The molecule has 2 aliphatic rings. The highest BCUT2D eigenvalue weighted by molar-refractivity contribution is 6.31. The van der Waals surface area contributed by atoms with Gasteiger partial charge in [0.1, 0.15) is 0 Å². The first-order chi connectivity index (χ1) is 9.70. The van der Waals surface area contributed by atoms with Crippen LogP contribution in [-0.4, -0.2) is 9.78 Å². The van der Waals surface area contributed by atoms with Crippen molar-refractivity contribution in [1.82, 2.24) is 15.2 Å². The monoisotopic (exact) mass is 296 g/mol. The Labute approximate surface area is 126 Å². The van der Waals surface area contributed by atoms with Crippen LogP contribution >= 0.6 is 11.6 Å². The number of aryl methyl sites for hydroxylation is 1. The van der Waals surface area contributed by atoms with E-state index in [2.05, 4.69) is 10.5 Å². The Kier molecular flexibility index (Phi) is 4.34. The highest BCUT2D eigenvalue weighted by Crippen LogP contribution is 2.46. The van der Waals surface area contributed by atoms with Gasteiger partial charge in [-0.1, -0.05) is 37.3 Å². The van der Waals surface area contributed by atoms with Crippen LogP contribution < -0.4 is 11.3 Å². The topological polar surface area (TPSA) is 55.9 Å². The molecule has 2 saturated carbocycles. The van der Waals surface area contributed by atoms with Crippen molar-refractivity contribution in [2.75, 3.05) is 0 Å². The Bertz CT molecular complexity index is 439. The smallest absolute Gasteiger partial charge is 0.0834 e. The lowest BCUT2D eigenvalue weighted by atomic mass is 9.66. The van der Waals surface area contributed by atoms with Crippen LogP contribution in [0.5, 0.6) is 0 Å². The van der Waals surface area contributed by atoms with Gasteiger partial charge in [-0.05, 0) is 37.0 Å². The number of nitrogens with one attached hydrogen (secondary N) is 1. The van der Waals surface area contributed by atoms with Crippen molar-refractivity contribution in [2.24, 2.45) is 30.6 Å². The molecule has 1 aromatic rings. The summed E-state index contributed by atoms with van der Waals surface area (Å²) in [4.78, 5) is 0. The van der Waals surface area contributed by atoms with Crippen LogP contribution in [0.2, 0.25) is 5.02 Å². The van der Waals surface area contributed by atoms with Crippen molar-refractivity contribution < 1.29 is 0 Å². The first kappa shape index (κ1) is 14.4. The van der Waals surface area contributed by atoms with Gasteiger partial charge in [0.15, 0.2) is 0 Å². The van der Waals surface area contributed by atoms with E-state index in [0.717, 1.165) is 22.6 Å². The maximum atomic E-state index is 6.30. The van der Waals surface area contributed by atoms with Gasteiger partial charge < -0.3 is 0 Å². The molecule has 20 heavy (non-hydrogen) atoms. The number of halogens is 1. The molecule has 1 heterocycles. The minimum absolute atomic E-state index is 0.123. The molecule has 0 saturated heterocycles. The molecular formula is C15H25ClN4. The highest BCUT2D eigenvalue weighted by Gasteiger charge is 2.37. The van der Waals surface area contributed by atoms with Crippen molar-refractivity contribution in [1.29, 1.82) is 0 Å². The molecule has 3 rings (SSSR count). The quantitative estimate of drug-likeness (QED) is 0.665. The van der Waals surface area contributed by atoms with Gasteiger partial charge in [0.2, 0.25) is 0 Å². The Morgan fingerprint density at radius 1 is 1.30 bits per heavy atom. The molecule has 112 valence electrons. The summed E-state index contributed by atoms with van der Waals surface area (Å²) in [6.45, 7) is 0. The molecule has 4 atom stereocenters. The fourth-order valence-corrected chi connectivity index (χ4v) is 4.70. The first-order valence-electron chi connectivity index (χ1n) is 7.84. The third kappa shape index (κ3) is 2.61. The third-order valence-electron chi connectivity index (χ3n) is 5.46. The molecule has 0 amide bonds. The predicted molar refractivity (Wildman–Crippen MR) is 81.1 cm³/mol. The molecule has 5 heteroatoms. The van der Waals surface area contributed by atoms with Gasteiger partial charge in [0.25, 0.3) is 0 Å². The van der Waals surface area contributed by atoms with Crippen LogP contribution in [0.4, 0.5) is 0 Å². The Morgan fingerprint density at radius 3 is 2.70 bits per heavy atom. The van der Waals surface area contributed by atoms with Crippen LogP contribution in [0, 0.1) is 17.8 Å². The number of aromatic nitrogens is 2. The number of fused-ring (bicyclic) bond motifs is 1. The summed E-state index contributed by atoms with van der Waals surface area (Å²) < 4.78 is 1.86. The fraction of sp³-hybridized carbons (Fsp3) is 0.800. The minimum Gasteiger partial charge on any atom is -0.271 e. The van der Waals surface area contributed by atoms with Crippen LogP contribution in [-0.2, 0) is 7.05 Å². The normalized spacial score (nSPS) is 31.9. The number of hydrogen-bond acceptors (Lipinski definition) is 3. The van der Waals surface area contributed by atoms with E-state index in [1.807, 2.05) is 11.7 Å². The van der Waals surface area contributed by atoms with Gasteiger partial charge in [-0.2, -0.15) is 5.10 Å².